The Morgan fingerprint density at radius 3 is 2.12 bits per heavy atom. The Labute approximate surface area is 97.9 Å². The van der Waals surface area contributed by atoms with E-state index in [1.165, 1.54) is 0 Å². The molecule has 0 heterocycles. The van der Waals surface area contributed by atoms with Crippen molar-refractivity contribution >= 4 is 9.84 Å². The molecule has 0 radical (unpaired) electrons. The second kappa shape index (κ2) is 4.42. The smallest absolute Gasteiger partial charge is 0.199 e. The van der Waals surface area contributed by atoms with Crippen molar-refractivity contribution in [1.82, 2.24) is 0 Å². The third-order valence-electron chi connectivity index (χ3n) is 3.07. The Balaban J connectivity index is 3.15. The topological polar surface area (TPSA) is 34.1 Å². The van der Waals surface area contributed by atoms with E-state index in [0.717, 1.165) is 17.4 Å². The van der Waals surface area contributed by atoms with Gasteiger partial charge in [-0.25, -0.2) is 8.42 Å². The van der Waals surface area contributed by atoms with Crippen molar-refractivity contribution < 1.29 is 8.42 Å². The molecule has 2 nitrogen and oxygen atoms in total. The van der Waals surface area contributed by atoms with Crippen LogP contribution in [0.2, 0.25) is 0 Å². The van der Waals surface area contributed by atoms with Gasteiger partial charge in [-0.05, 0) is 29.5 Å². The quantitative estimate of drug-likeness (QED) is 0.806. The van der Waals surface area contributed by atoms with E-state index in [4.69, 9.17) is 0 Å². The summed E-state index contributed by atoms with van der Waals surface area (Å²) in [6.45, 7) is 9.71. The largest absolute Gasteiger partial charge is 0.219 e. The third kappa shape index (κ3) is 2.53. The lowest BCUT2D eigenvalue weighted by molar-refractivity contribution is 0.506. The van der Waals surface area contributed by atoms with Crippen LogP contribution in [0, 0.1) is 0 Å². The molecule has 0 saturated heterocycles. The molecule has 0 spiro atoms. The van der Waals surface area contributed by atoms with Crippen molar-refractivity contribution in [1.29, 1.82) is 0 Å². The summed E-state index contributed by atoms with van der Waals surface area (Å²) in [5.74, 6) is 0. The fourth-order valence-corrected chi connectivity index (χ4v) is 2.10. The van der Waals surface area contributed by atoms with Crippen molar-refractivity contribution in [2.24, 2.45) is 0 Å². The van der Waals surface area contributed by atoms with Crippen molar-refractivity contribution in [2.75, 3.05) is 0 Å². The molecule has 0 fully saturated rings. The van der Waals surface area contributed by atoms with Gasteiger partial charge in [-0.3, -0.25) is 0 Å². The van der Waals surface area contributed by atoms with E-state index in [2.05, 4.69) is 27.4 Å². The summed E-state index contributed by atoms with van der Waals surface area (Å²) in [6.07, 6.45) is 1.01. The highest BCUT2D eigenvalue weighted by molar-refractivity contribution is 7.94. The molecule has 1 aromatic rings. The van der Waals surface area contributed by atoms with Gasteiger partial charge in [-0.2, -0.15) is 0 Å². The van der Waals surface area contributed by atoms with Crippen molar-refractivity contribution in [2.45, 2.75) is 37.5 Å². The Bertz CT molecular complexity index is 467. The van der Waals surface area contributed by atoms with Crippen LogP contribution in [0.15, 0.2) is 41.1 Å². The van der Waals surface area contributed by atoms with Crippen LogP contribution in [0.1, 0.15) is 32.8 Å². The average molecular weight is 238 g/mol. The Hall–Kier alpha value is -1.09. The summed E-state index contributed by atoms with van der Waals surface area (Å²) >= 11 is 0. The first kappa shape index (κ1) is 13.0. The molecule has 16 heavy (non-hydrogen) atoms. The molecule has 0 unspecified atom stereocenters. The van der Waals surface area contributed by atoms with E-state index in [1.54, 1.807) is 12.1 Å². The SMILES string of the molecule is C=CS(=O)(=O)c1ccc(C(C)(C)CC)cc1. The molecule has 0 amide bonds. The predicted octanol–water partition coefficient (Wildman–Crippen LogP) is 3.29. The van der Waals surface area contributed by atoms with E-state index in [9.17, 15) is 8.42 Å². The number of hydrogen-bond acceptors (Lipinski definition) is 2. The fourth-order valence-electron chi connectivity index (χ4n) is 1.40. The molecule has 88 valence electrons. The molecule has 0 aliphatic carbocycles. The summed E-state index contributed by atoms with van der Waals surface area (Å²) in [6, 6.07) is 7.04. The van der Waals surface area contributed by atoms with Gasteiger partial charge in [-0.1, -0.05) is 39.5 Å². The molecule has 1 aromatic carbocycles. The zero-order valence-electron chi connectivity index (χ0n) is 10.0. The monoisotopic (exact) mass is 238 g/mol. The summed E-state index contributed by atoms with van der Waals surface area (Å²) in [4.78, 5) is 0.304. The van der Waals surface area contributed by atoms with Crippen molar-refractivity contribution in [3.63, 3.8) is 0 Å². The van der Waals surface area contributed by atoms with Crippen LogP contribution in [-0.4, -0.2) is 8.42 Å². The Kier molecular flexibility index (Phi) is 3.58. The zero-order chi connectivity index (χ0) is 12.4. The first-order chi connectivity index (χ1) is 7.33. The molecule has 0 N–H and O–H groups in total. The molecular formula is C13H18O2S. The van der Waals surface area contributed by atoms with Gasteiger partial charge in [0.05, 0.1) is 4.90 Å². The Morgan fingerprint density at radius 2 is 1.75 bits per heavy atom. The number of benzene rings is 1. The first-order valence-corrected chi connectivity index (χ1v) is 6.86. The van der Waals surface area contributed by atoms with Crippen LogP contribution in [-0.2, 0) is 15.3 Å². The highest BCUT2D eigenvalue weighted by atomic mass is 32.2. The summed E-state index contributed by atoms with van der Waals surface area (Å²) in [5.41, 5.74) is 1.23. The van der Waals surface area contributed by atoms with Crippen LogP contribution >= 0.6 is 0 Å². The minimum atomic E-state index is -3.30. The minimum absolute atomic E-state index is 0.0798. The molecule has 0 aliphatic rings. The van der Waals surface area contributed by atoms with Crippen LogP contribution < -0.4 is 0 Å². The van der Waals surface area contributed by atoms with Gasteiger partial charge < -0.3 is 0 Å². The van der Waals surface area contributed by atoms with E-state index < -0.39 is 9.84 Å². The van der Waals surface area contributed by atoms with E-state index in [1.807, 2.05) is 12.1 Å². The van der Waals surface area contributed by atoms with Gasteiger partial charge in [0.15, 0.2) is 9.84 Å². The number of rotatable bonds is 4. The summed E-state index contributed by atoms with van der Waals surface area (Å²) < 4.78 is 23.0. The van der Waals surface area contributed by atoms with Gasteiger partial charge in [0, 0.05) is 5.41 Å². The van der Waals surface area contributed by atoms with Gasteiger partial charge in [0.2, 0.25) is 0 Å². The average Bonchev–Trinajstić information content (AvgIpc) is 2.29. The van der Waals surface area contributed by atoms with E-state index >= 15 is 0 Å². The van der Waals surface area contributed by atoms with Gasteiger partial charge in [0.25, 0.3) is 0 Å². The number of hydrogen-bond donors (Lipinski definition) is 0. The van der Waals surface area contributed by atoms with E-state index in [0.29, 0.717) is 4.90 Å². The summed E-state index contributed by atoms with van der Waals surface area (Å²) in [5, 5.41) is 0.979. The third-order valence-corrected chi connectivity index (χ3v) is 4.44. The van der Waals surface area contributed by atoms with Crippen LogP contribution in [0.25, 0.3) is 0 Å². The molecule has 3 heteroatoms. The Morgan fingerprint density at radius 1 is 1.25 bits per heavy atom. The maximum Gasteiger partial charge on any atom is 0.199 e. The normalized spacial score (nSPS) is 12.4. The highest BCUT2D eigenvalue weighted by Gasteiger charge is 2.18. The molecule has 0 aliphatic heterocycles. The predicted molar refractivity (Wildman–Crippen MR) is 67.1 cm³/mol. The maximum atomic E-state index is 11.5. The van der Waals surface area contributed by atoms with Crippen LogP contribution in [0.3, 0.4) is 0 Å². The molecule has 0 atom stereocenters. The van der Waals surface area contributed by atoms with Crippen LogP contribution in [0.5, 0.6) is 0 Å². The van der Waals surface area contributed by atoms with E-state index in [-0.39, 0.29) is 5.41 Å². The van der Waals surface area contributed by atoms with Gasteiger partial charge in [-0.15, -0.1) is 0 Å². The lowest BCUT2D eigenvalue weighted by atomic mass is 9.82. The maximum absolute atomic E-state index is 11.5. The molecule has 0 aromatic heterocycles. The lowest BCUT2D eigenvalue weighted by Crippen LogP contribution is -2.15. The number of sulfone groups is 1. The molecule has 0 saturated carbocycles. The first-order valence-electron chi connectivity index (χ1n) is 5.31. The second-order valence-electron chi connectivity index (χ2n) is 4.47. The molecule has 1 rings (SSSR count). The second-order valence-corrected chi connectivity index (χ2v) is 6.37. The zero-order valence-corrected chi connectivity index (χ0v) is 10.8. The lowest BCUT2D eigenvalue weighted by Gasteiger charge is -2.23. The molecule has 0 bridgehead atoms. The van der Waals surface area contributed by atoms with Crippen LogP contribution in [0.4, 0.5) is 0 Å². The van der Waals surface area contributed by atoms with Gasteiger partial charge in [0.1, 0.15) is 0 Å². The highest BCUT2D eigenvalue weighted by Crippen LogP contribution is 2.27. The summed E-state index contributed by atoms with van der Waals surface area (Å²) in [7, 11) is -3.30. The van der Waals surface area contributed by atoms with Crippen molar-refractivity contribution in [3.8, 4) is 0 Å². The van der Waals surface area contributed by atoms with Gasteiger partial charge >= 0.3 is 0 Å². The van der Waals surface area contributed by atoms with Crippen molar-refractivity contribution in [3.05, 3.63) is 41.8 Å². The standard InChI is InChI=1S/C13H18O2S/c1-5-13(3,4)11-7-9-12(10-8-11)16(14,15)6-2/h6-10H,2,5H2,1,3-4H3. The fraction of sp³-hybridized carbons (Fsp3) is 0.385. The minimum Gasteiger partial charge on any atom is -0.219 e. The molecular weight excluding hydrogens is 220 g/mol.